The maximum absolute atomic E-state index is 12.7. The highest BCUT2D eigenvalue weighted by Gasteiger charge is 2.24. The summed E-state index contributed by atoms with van der Waals surface area (Å²) >= 11 is 0. The number of pyridine rings is 1. The Morgan fingerprint density at radius 2 is 2.47 bits per heavy atom. The SMILES string of the molecule is Cc1ncccc1CN1CCC[C@H]1CF. The fourth-order valence-corrected chi connectivity index (χ4v) is 2.18. The lowest BCUT2D eigenvalue weighted by Gasteiger charge is -2.22. The zero-order valence-electron chi connectivity index (χ0n) is 9.12. The van der Waals surface area contributed by atoms with E-state index in [0.717, 1.165) is 31.6 Å². The van der Waals surface area contributed by atoms with Gasteiger partial charge in [-0.25, -0.2) is 4.39 Å². The van der Waals surface area contributed by atoms with Crippen molar-refractivity contribution in [3.63, 3.8) is 0 Å². The van der Waals surface area contributed by atoms with Gasteiger partial charge in [0, 0.05) is 24.5 Å². The van der Waals surface area contributed by atoms with Crippen molar-refractivity contribution in [1.82, 2.24) is 9.88 Å². The van der Waals surface area contributed by atoms with E-state index in [1.165, 1.54) is 5.56 Å². The molecule has 0 spiro atoms. The Labute approximate surface area is 90.1 Å². The number of nitrogens with zero attached hydrogens (tertiary/aromatic N) is 2. The Balaban J connectivity index is 2.05. The van der Waals surface area contributed by atoms with Gasteiger partial charge in [-0.3, -0.25) is 9.88 Å². The number of aromatic nitrogens is 1. The number of hydrogen-bond acceptors (Lipinski definition) is 2. The molecule has 0 amide bonds. The maximum Gasteiger partial charge on any atom is 0.105 e. The van der Waals surface area contributed by atoms with Gasteiger partial charge < -0.3 is 0 Å². The minimum absolute atomic E-state index is 0.129. The quantitative estimate of drug-likeness (QED) is 0.758. The van der Waals surface area contributed by atoms with Crippen LogP contribution in [0.2, 0.25) is 0 Å². The fraction of sp³-hybridized carbons (Fsp3) is 0.583. The highest BCUT2D eigenvalue weighted by atomic mass is 19.1. The highest BCUT2D eigenvalue weighted by molar-refractivity contribution is 5.18. The van der Waals surface area contributed by atoms with Crippen LogP contribution in [0.3, 0.4) is 0 Å². The molecule has 0 bridgehead atoms. The molecule has 1 aromatic rings. The Morgan fingerprint density at radius 1 is 1.60 bits per heavy atom. The summed E-state index contributed by atoms with van der Waals surface area (Å²) < 4.78 is 12.7. The minimum Gasteiger partial charge on any atom is -0.293 e. The molecule has 2 heterocycles. The van der Waals surface area contributed by atoms with Crippen LogP contribution in [-0.4, -0.2) is 29.1 Å². The third-order valence-corrected chi connectivity index (χ3v) is 3.17. The summed E-state index contributed by atoms with van der Waals surface area (Å²) in [6.07, 6.45) is 3.92. The average molecular weight is 208 g/mol. The molecule has 1 fully saturated rings. The van der Waals surface area contributed by atoms with Crippen LogP contribution in [0.1, 0.15) is 24.1 Å². The van der Waals surface area contributed by atoms with Gasteiger partial charge in [0.15, 0.2) is 0 Å². The van der Waals surface area contributed by atoms with E-state index in [1.807, 2.05) is 13.0 Å². The van der Waals surface area contributed by atoms with Crippen molar-refractivity contribution >= 4 is 0 Å². The molecule has 0 N–H and O–H groups in total. The van der Waals surface area contributed by atoms with Crippen LogP contribution in [0.5, 0.6) is 0 Å². The highest BCUT2D eigenvalue weighted by Crippen LogP contribution is 2.20. The molecular weight excluding hydrogens is 191 g/mol. The van der Waals surface area contributed by atoms with Crippen molar-refractivity contribution in [1.29, 1.82) is 0 Å². The van der Waals surface area contributed by atoms with E-state index in [2.05, 4.69) is 16.0 Å². The number of halogens is 1. The summed E-state index contributed by atoms with van der Waals surface area (Å²) in [5.74, 6) is 0. The van der Waals surface area contributed by atoms with Crippen molar-refractivity contribution in [2.45, 2.75) is 32.4 Å². The molecule has 2 rings (SSSR count). The van der Waals surface area contributed by atoms with Crippen LogP contribution in [-0.2, 0) is 6.54 Å². The van der Waals surface area contributed by atoms with E-state index in [-0.39, 0.29) is 12.7 Å². The molecule has 0 saturated carbocycles. The molecule has 1 saturated heterocycles. The molecular formula is C12H17FN2. The first-order chi connectivity index (χ1) is 7.31. The van der Waals surface area contributed by atoms with Crippen LogP contribution in [0.4, 0.5) is 4.39 Å². The first kappa shape index (κ1) is 10.6. The fourth-order valence-electron chi connectivity index (χ4n) is 2.18. The molecule has 0 radical (unpaired) electrons. The molecule has 0 unspecified atom stereocenters. The van der Waals surface area contributed by atoms with Crippen molar-refractivity contribution in [2.24, 2.45) is 0 Å². The van der Waals surface area contributed by atoms with Gasteiger partial charge in [-0.15, -0.1) is 0 Å². The smallest absolute Gasteiger partial charge is 0.105 e. The van der Waals surface area contributed by atoms with E-state index in [9.17, 15) is 4.39 Å². The van der Waals surface area contributed by atoms with Gasteiger partial charge in [-0.2, -0.15) is 0 Å². The standard InChI is InChI=1S/C12H17FN2/c1-10-11(4-2-6-14-10)9-15-7-3-5-12(15)8-13/h2,4,6,12H,3,5,7-9H2,1H3/t12-/m0/s1. The lowest BCUT2D eigenvalue weighted by Crippen LogP contribution is -2.30. The second-order valence-electron chi connectivity index (χ2n) is 4.17. The summed E-state index contributed by atoms with van der Waals surface area (Å²) in [7, 11) is 0. The Bertz CT molecular complexity index is 327. The number of likely N-dealkylation sites (tertiary alicyclic amines) is 1. The van der Waals surface area contributed by atoms with Gasteiger partial charge in [0.25, 0.3) is 0 Å². The maximum atomic E-state index is 12.7. The number of alkyl halides is 1. The van der Waals surface area contributed by atoms with Crippen molar-refractivity contribution in [3.05, 3.63) is 29.6 Å². The zero-order chi connectivity index (χ0) is 10.7. The Hall–Kier alpha value is -0.960. The normalized spacial score (nSPS) is 22.1. The van der Waals surface area contributed by atoms with Crippen LogP contribution in [0.15, 0.2) is 18.3 Å². The van der Waals surface area contributed by atoms with Crippen molar-refractivity contribution < 1.29 is 4.39 Å². The van der Waals surface area contributed by atoms with Gasteiger partial charge in [0.05, 0.1) is 0 Å². The predicted molar refractivity (Wildman–Crippen MR) is 58.4 cm³/mol. The topological polar surface area (TPSA) is 16.1 Å². The molecule has 1 aliphatic heterocycles. The second-order valence-corrected chi connectivity index (χ2v) is 4.17. The number of hydrogen-bond donors (Lipinski definition) is 0. The monoisotopic (exact) mass is 208 g/mol. The largest absolute Gasteiger partial charge is 0.293 e. The molecule has 2 nitrogen and oxygen atoms in total. The summed E-state index contributed by atoms with van der Waals surface area (Å²) in [5.41, 5.74) is 2.28. The molecule has 0 aliphatic carbocycles. The number of rotatable bonds is 3. The molecule has 15 heavy (non-hydrogen) atoms. The summed E-state index contributed by atoms with van der Waals surface area (Å²) in [6.45, 7) is 3.65. The van der Waals surface area contributed by atoms with Crippen LogP contribution in [0, 0.1) is 6.92 Å². The second kappa shape index (κ2) is 4.71. The average Bonchev–Trinajstić information content (AvgIpc) is 2.69. The van der Waals surface area contributed by atoms with Gasteiger partial charge >= 0.3 is 0 Å². The minimum atomic E-state index is -0.223. The summed E-state index contributed by atoms with van der Waals surface area (Å²) in [5, 5.41) is 0. The first-order valence-electron chi connectivity index (χ1n) is 5.52. The van der Waals surface area contributed by atoms with Crippen LogP contribution < -0.4 is 0 Å². The Kier molecular flexibility index (Phi) is 3.31. The van der Waals surface area contributed by atoms with Gasteiger partial charge in [-0.1, -0.05) is 6.07 Å². The molecule has 1 aliphatic rings. The first-order valence-corrected chi connectivity index (χ1v) is 5.52. The molecule has 3 heteroatoms. The molecule has 82 valence electrons. The molecule has 1 aromatic heterocycles. The van der Waals surface area contributed by atoms with Crippen molar-refractivity contribution in [2.75, 3.05) is 13.2 Å². The lowest BCUT2D eigenvalue weighted by atomic mass is 10.2. The van der Waals surface area contributed by atoms with Gasteiger partial charge in [0.2, 0.25) is 0 Å². The molecule has 0 aromatic carbocycles. The lowest BCUT2D eigenvalue weighted by molar-refractivity contribution is 0.207. The van der Waals surface area contributed by atoms with Crippen molar-refractivity contribution in [3.8, 4) is 0 Å². The number of aryl methyl sites for hydroxylation is 1. The zero-order valence-corrected chi connectivity index (χ0v) is 9.12. The van der Waals surface area contributed by atoms with E-state index in [1.54, 1.807) is 6.20 Å². The summed E-state index contributed by atoms with van der Waals surface area (Å²) in [6, 6.07) is 4.16. The van der Waals surface area contributed by atoms with Crippen LogP contribution in [0.25, 0.3) is 0 Å². The van der Waals surface area contributed by atoms with E-state index in [0.29, 0.717) is 0 Å². The third kappa shape index (κ3) is 2.34. The van der Waals surface area contributed by atoms with Crippen LogP contribution >= 0.6 is 0 Å². The summed E-state index contributed by atoms with van der Waals surface area (Å²) in [4.78, 5) is 6.48. The third-order valence-electron chi connectivity index (χ3n) is 3.17. The molecule has 1 atom stereocenters. The van der Waals surface area contributed by atoms with E-state index >= 15 is 0 Å². The Morgan fingerprint density at radius 3 is 3.20 bits per heavy atom. The predicted octanol–water partition coefficient (Wildman–Crippen LogP) is 2.32. The van der Waals surface area contributed by atoms with Gasteiger partial charge in [0.1, 0.15) is 6.67 Å². The van der Waals surface area contributed by atoms with E-state index in [4.69, 9.17) is 0 Å². The van der Waals surface area contributed by atoms with Gasteiger partial charge in [-0.05, 0) is 37.9 Å². The van der Waals surface area contributed by atoms with E-state index < -0.39 is 0 Å².